The van der Waals surface area contributed by atoms with Crippen molar-refractivity contribution in [3.8, 4) is 0 Å². The van der Waals surface area contributed by atoms with Crippen LogP contribution in [0.15, 0.2) is 0 Å². The number of unbranched alkanes of at least 4 members (excludes halogenated alkanes) is 5. The van der Waals surface area contributed by atoms with Crippen LogP contribution >= 0.6 is 7.82 Å². The Morgan fingerprint density at radius 1 is 0.857 bits per heavy atom. The molecular formula is C16H35O4P. The van der Waals surface area contributed by atoms with Crippen molar-refractivity contribution in [2.24, 2.45) is 5.41 Å². The molecule has 0 aromatic rings. The van der Waals surface area contributed by atoms with Crippen LogP contribution in [-0.2, 0) is 9.09 Å². The Bertz CT molecular complexity index is 324. The van der Waals surface area contributed by atoms with Crippen molar-refractivity contribution in [3.63, 3.8) is 0 Å². The zero-order valence-corrected chi connectivity index (χ0v) is 15.4. The Kier molecular flexibility index (Phi) is 9.34. The molecule has 0 rings (SSSR count). The van der Waals surface area contributed by atoms with Gasteiger partial charge in [0.25, 0.3) is 0 Å². The number of hydrogen-bond donors (Lipinski definition) is 2. The minimum Gasteiger partial charge on any atom is -0.303 e. The summed E-state index contributed by atoms with van der Waals surface area (Å²) in [7, 11) is -4.48. The van der Waals surface area contributed by atoms with Crippen LogP contribution in [0.2, 0.25) is 0 Å². The first-order chi connectivity index (χ1) is 9.58. The van der Waals surface area contributed by atoms with Gasteiger partial charge in [-0.15, -0.1) is 0 Å². The molecule has 0 bridgehead atoms. The van der Waals surface area contributed by atoms with Gasteiger partial charge in [0.2, 0.25) is 0 Å². The van der Waals surface area contributed by atoms with Gasteiger partial charge in [-0.1, -0.05) is 72.6 Å². The number of phosphoric acid groups is 1. The average Bonchev–Trinajstić information content (AvgIpc) is 2.32. The van der Waals surface area contributed by atoms with E-state index in [1.54, 1.807) is 0 Å². The lowest BCUT2D eigenvalue weighted by atomic mass is 9.70. The van der Waals surface area contributed by atoms with Gasteiger partial charge in [0, 0.05) is 0 Å². The molecule has 4 nitrogen and oxygen atoms in total. The van der Waals surface area contributed by atoms with Crippen LogP contribution in [0, 0.1) is 5.41 Å². The lowest BCUT2D eigenvalue weighted by molar-refractivity contribution is -0.0594. The van der Waals surface area contributed by atoms with Gasteiger partial charge in [0.1, 0.15) is 0 Å². The molecule has 0 aliphatic heterocycles. The molecule has 0 saturated heterocycles. The van der Waals surface area contributed by atoms with Gasteiger partial charge < -0.3 is 9.79 Å². The van der Waals surface area contributed by atoms with E-state index in [-0.39, 0.29) is 5.41 Å². The van der Waals surface area contributed by atoms with Gasteiger partial charge in [0.15, 0.2) is 0 Å². The van der Waals surface area contributed by atoms with Crippen LogP contribution in [0.5, 0.6) is 0 Å². The topological polar surface area (TPSA) is 66.8 Å². The minimum atomic E-state index is -4.48. The van der Waals surface area contributed by atoms with Gasteiger partial charge in [0.05, 0.1) is 5.60 Å². The molecule has 0 amide bonds. The number of phosphoric ester groups is 1. The highest BCUT2D eigenvalue weighted by molar-refractivity contribution is 7.46. The second kappa shape index (κ2) is 9.29. The number of hydrogen-bond acceptors (Lipinski definition) is 2. The van der Waals surface area contributed by atoms with E-state index in [0.29, 0.717) is 6.42 Å². The molecule has 1 unspecified atom stereocenters. The summed E-state index contributed by atoms with van der Waals surface area (Å²) >= 11 is 0. The first-order valence-corrected chi connectivity index (χ1v) is 9.87. The number of rotatable bonds is 12. The lowest BCUT2D eigenvalue weighted by Gasteiger charge is -2.44. The molecule has 2 N–H and O–H groups in total. The second-order valence-corrected chi connectivity index (χ2v) is 8.13. The third kappa shape index (κ3) is 8.35. The molecule has 0 aromatic carbocycles. The zero-order valence-electron chi connectivity index (χ0n) is 14.5. The summed E-state index contributed by atoms with van der Waals surface area (Å²) in [6.07, 6.45) is 9.30. The van der Waals surface area contributed by atoms with Crippen molar-refractivity contribution in [1.29, 1.82) is 0 Å². The van der Waals surface area contributed by atoms with Crippen LogP contribution in [0.25, 0.3) is 0 Å². The fourth-order valence-electron chi connectivity index (χ4n) is 2.74. The first kappa shape index (κ1) is 21.1. The third-order valence-corrected chi connectivity index (χ3v) is 5.31. The Morgan fingerprint density at radius 2 is 1.33 bits per heavy atom. The first-order valence-electron chi connectivity index (χ1n) is 8.34. The molecule has 0 heterocycles. The SMILES string of the molecule is CCCCCCC(C)(OP(=O)(O)O)C(C)(C)CCCCC. The molecule has 0 fully saturated rings. The van der Waals surface area contributed by atoms with E-state index in [1.807, 2.05) is 6.92 Å². The van der Waals surface area contributed by atoms with Gasteiger partial charge in [-0.2, -0.15) is 0 Å². The van der Waals surface area contributed by atoms with Crippen molar-refractivity contribution in [1.82, 2.24) is 0 Å². The molecule has 128 valence electrons. The fourth-order valence-corrected chi connectivity index (χ4v) is 3.60. The zero-order chi connectivity index (χ0) is 16.6. The summed E-state index contributed by atoms with van der Waals surface area (Å²) in [4.78, 5) is 18.6. The molecule has 0 aromatic heterocycles. The largest absolute Gasteiger partial charge is 0.470 e. The molecular weight excluding hydrogens is 287 g/mol. The Hall–Kier alpha value is 0.110. The highest BCUT2D eigenvalue weighted by atomic mass is 31.2. The maximum absolute atomic E-state index is 11.4. The molecule has 0 aliphatic rings. The monoisotopic (exact) mass is 322 g/mol. The molecule has 0 spiro atoms. The van der Waals surface area contributed by atoms with Crippen molar-refractivity contribution < 1.29 is 18.9 Å². The van der Waals surface area contributed by atoms with Crippen molar-refractivity contribution >= 4 is 7.82 Å². The fraction of sp³-hybridized carbons (Fsp3) is 1.00. The van der Waals surface area contributed by atoms with E-state index in [4.69, 9.17) is 4.52 Å². The highest BCUT2D eigenvalue weighted by Gasteiger charge is 2.45. The lowest BCUT2D eigenvalue weighted by Crippen LogP contribution is -2.43. The van der Waals surface area contributed by atoms with Gasteiger partial charge >= 0.3 is 7.82 Å². The maximum atomic E-state index is 11.4. The van der Waals surface area contributed by atoms with Crippen molar-refractivity contribution in [2.45, 2.75) is 98.0 Å². The molecule has 0 saturated carbocycles. The normalized spacial score (nSPS) is 16.0. The summed E-state index contributed by atoms with van der Waals surface area (Å²) in [6, 6.07) is 0. The Balaban J connectivity index is 4.86. The Labute approximate surface area is 130 Å². The van der Waals surface area contributed by atoms with Crippen molar-refractivity contribution in [2.75, 3.05) is 0 Å². The second-order valence-electron chi connectivity index (χ2n) is 6.96. The van der Waals surface area contributed by atoms with E-state index in [9.17, 15) is 14.4 Å². The average molecular weight is 322 g/mol. The molecule has 5 heteroatoms. The minimum absolute atomic E-state index is 0.254. The van der Waals surface area contributed by atoms with E-state index < -0.39 is 13.4 Å². The van der Waals surface area contributed by atoms with Crippen LogP contribution in [0.1, 0.15) is 92.4 Å². The smallest absolute Gasteiger partial charge is 0.303 e. The summed E-state index contributed by atoms with van der Waals surface area (Å²) in [6.45, 7) is 10.3. The van der Waals surface area contributed by atoms with E-state index in [2.05, 4.69) is 27.7 Å². The predicted octanol–water partition coefficient (Wildman–Crippen LogP) is 5.43. The van der Waals surface area contributed by atoms with Crippen LogP contribution in [-0.4, -0.2) is 15.4 Å². The van der Waals surface area contributed by atoms with E-state index in [1.165, 1.54) is 0 Å². The summed E-state index contributed by atoms with van der Waals surface area (Å²) in [5, 5.41) is 0. The molecule has 0 aliphatic carbocycles. The van der Waals surface area contributed by atoms with Crippen LogP contribution in [0.4, 0.5) is 0 Å². The van der Waals surface area contributed by atoms with Gasteiger partial charge in [-0.05, 0) is 25.2 Å². The van der Waals surface area contributed by atoms with Gasteiger partial charge in [-0.25, -0.2) is 4.57 Å². The maximum Gasteiger partial charge on any atom is 0.470 e. The standard InChI is InChI=1S/C16H35O4P/c1-6-8-10-12-14-16(5,20-21(17,18)19)15(3,4)13-11-9-7-2/h6-14H2,1-5H3,(H2,17,18,19). The molecule has 21 heavy (non-hydrogen) atoms. The highest BCUT2D eigenvalue weighted by Crippen LogP contribution is 2.51. The third-order valence-electron chi connectivity index (χ3n) is 4.66. The quantitative estimate of drug-likeness (QED) is 0.371. The van der Waals surface area contributed by atoms with Crippen molar-refractivity contribution in [3.05, 3.63) is 0 Å². The van der Waals surface area contributed by atoms with E-state index >= 15 is 0 Å². The van der Waals surface area contributed by atoms with Gasteiger partial charge in [-0.3, -0.25) is 4.52 Å². The summed E-state index contributed by atoms with van der Waals surface area (Å²) in [5.74, 6) is 0. The predicted molar refractivity (Wildman–Crippen MR) is 88.2 cm³/mol. The molecule has 1 atom stereocenters. The van der Waals surface area contributed by atoms with Crippen LogP contribution < -0.4 is 0 Å². The summed E-state index contributed by atoms with van der Waals surface area (Å²) < 4.78 is 16.7. The summed E-state index contributed by atoms with van der Waals surface area (Å²) in [5.41, 5.74) is -1.04. The van der Waals surface area contributed by atoms with Crippen LogP contribution in [0.3, 0.4) is 0 Å². The Morgan fingerprint density at radius 3 is 1.81 bits per heavy atom. The molecule has 0 radical (unpaired) electrons. The van der Waals surface area contributed by atoms with E-state index in [0.717, 1.165) is 51.4 Å².